The minimum atomic E-state index is -1.80. The number of nitrogens with two attached hydrogens (primary N) is 3. The molecule has 0 amide bonds. The van der Waals surface area contributed by atoms with Crippen LogP contribution in [0.15, 0.2) is 34.1 Å². The summed E-state index contributed by atoms with van der Waals surface area (Å²) in [6, 6.07) is 1.84. The van der Waals surface area contributed by atoms with Crippen LogP contribution in [0.2, 0.25) is 0 Å². The molecule has 0 aromatic carbocycles. The fourth-order valence-corrected chi connectivity index (χ4v) is 4.65. The van der Waals surface area contributed by atoms with Crippen LogP contribution in [0.4, 0.5) is 11.6 Å². The topological polar surface area (TPSA) is 294 Å². The molecule has 2 saturated heterocycles. The van der Waals surface area contributed by atoms with E-state index in [-0.39, 0.29) is 62.2 Å². The maximum atomic E-state index is 12.2. The number of hydrogen-bond donors (Lipinski definition) is 8. The Balaban J connectivity index is 0. The molecule has 0 saturated carbocycles. The zero-order valence-corrected chi connectivity index (χ0v) is 27.7. The Morgan fingerprint density at radius 3 is 1.68 bits per heavy atom. The molecule has 2 unspecified atom stereocenters. The van der Waals surface area contributed by atoms with Crippen molar-refractivity contribution in [3.63, 3.8) is 0 Å². The van der Waals surface area contributed by atoms with Crippen molar-refractivity contribution < 1.29 is 44.5 Å². The Morgan fingerprint density at radius 1 is 0.915 bits per heavy atom. The number of nitrogens with zero attached hydrogens (tertiary/aromatic N) is 4. The van der Waals surface area contributed by atoms with E-state index in [4.69, 9.17) is 36.5 Å². The number of nitrogen functional groups attached to an aromatic ring is 2. The van der Waals surface area contributed by atoms with Crippen molar-refractivity contribution >= 4 is 54.8 Å². The summed E-state index contributed by atoms with van der Waals surface area (Å²) in [7, 11) is 0. The normalized spacial score (nSPS) is 29.9. The molecule has 0 bridgehead atoms. The monoisotopic (exact) mass is 737 g/mol. The van der Waals surface area contributed by atoms with Gasteiger partial charge in [-0.1, -0.05) is 21.3 Å². The lowest BCUT2D eigenvalue weighted by molar-refractivity contribution is -0.166. The van der Waals surface area contributed by atoms with Crippen LogP contribution in [0, 0.1) is 5.92 Å². The van der Waals surface area contributed by atoms with E-state index >= 15 is 0 Å². The molecule has 21 heteroatoms. The minimum absolute atomic E-state index is 0. The van der Waals surface area contributed by atoms with Crippen molar-refractivity contribution in [2.24, 2.45) is 11.7 Å². The number of aromatic nitrogens is 4. The first-order valence-electron chi connectivity index (χ1n) is 13.3. The van der Waals surface area contributed by atoms with E-state index in [1.807, 2.05) is 0 Å². The van der Waals surface area contributed by atoms with Crippen molar-refractivity contribution in [3.05, 3.63) is 45.5 Å². The molecular weight excluding hydrogens is 693 g/mol. The highest BCUT2D eigenvalue weighted by molar-refractivity contribution is 5.86. The second-order valence-electron chi connectivity index (χ2n) is 11.0. The minimum Gasteiger partial charge on any atom is -0.455 e. The number of halogens is 3. The first kappa shape index (κ1) is 46.5. The van der Waals surface area contributed by atoms with Crippen molar-refractivity contribution in [2.75, 3.05) is 24.7 Å². The van der Waals surface area contributed by atoms with Gasteiger partial charge < -0.3 is 56.9 Å². The average molecular weight is 739 g/mol. The van der Waals surface area contributed by atoms with Crippen LogP contribution in [0.1, 0.15) is 47.6 Å². The summed E-state index contributed by atoms with van der Waals surface area (Å²) in [5.41, 5.74) is 11.6. The smallest absolute Gasteiger partial charge is 0.351 e. The number of anilines is 2. The summed E-state index contributed by atoms with van der Waals surface area (Å²) in [5, 5.41) is 49.4. The number of ether oxygens (including phenoxy) is 3. The van der Waals surface area contributed by atoms with Gasteiger partial charge in [0.1, 0.15) is 47.2 Å². The van der Waals surface area contributed by atoms with E-state index < -0.39 is 84.7 Å². The molecule has 2 aromatic heterocycles. The maximum Gasteiger partial charge on any atom is 0.351 e. The van der Waals surface area contributed by atoms with Crippen LogP contribution in [0.25, 0.3) is 0 Å². The zero-order chi connectivity index (χ0) is 32.4. The first-order valence-corrected chi connectivity index (χ1v) is 13.3. The Bertz CT molecular complexity index is 1410. The lowest BCUT2D eigenvalue weighted by Gasteiger charge is -2.30. The first-order chi connectivity index (χ1) is 20.0. The number of rotatable bonds is 7. The van der Waals surface area contributed by atoms with Gasteiger partial charge in [-0.15, -0.1) is 37.2 Å². The highest BCUT2D eigenvalue weighted by atomic mass is 35.5. The summed E-state index contributed by atoms with van der Waals surface area (Å²) in [5.74, 6) is -0.838. The molecule has 4 heterocycles. The van der Waals surface area contributed by atoms with E-state index in [0.29, 0.717) is 0 Å². The van der Waals surface area contributed by atoms with Crippen LogP contribution < -0.4 is 28.6 Å². The van der Waals surface area contributed by atoms with Gasteiger partial charge in [0.15, 0.2) is 18.6 Å². The third-order valence-electron chi connectivity index (χ3n) is 7.27. The second kappa shape index (κ2) is 18.2. The van der Waals surface area contributed by atoms with Gasteiger partial charge >= 0.3 is 17.3 Å². The van der Waals surface area contributed by atoms with E-state index in [9.17, 15) is 34.8 Å². The van der Waals surface area contributed by atoms with Gasteiger partial charge in [0.05, 0.1) is 13.2 Å². The van der Waals surface area contributed by atoms with Gasteiger partial charge in [-0.05, 0) is 31.9 Å². The van der Waals surface area contributed by atoms with E-state index in [1.165, 1.54) is 38.4 Å². The zero-order valence-electron chi connectivity index (χ0n) is 25.3. The molecule has 47 heavy (non-hydrogen) atoms. The van der Waals surface area contributed by atoms with Crippen LogP contribution in [-0.2, 0) is 19.0 Å². The Labute approximate surface area is 289 Å². The molecule has 2 aliphatic heterocycles. The van der Waals surface area contributed by atoms with Gasteiger partial charge in [-0.25, -0.2) is 9.59 Å². The fourth-order valence-electron chi connectivity index (χ4n) is 4.65. The second-order valence-corrected chi connectivity index (χ2v) is 11.0. The van der Waals surface area contributed by atoms with Crippen molar-refractivity contribution in [1.29, 1.82) is 0 Å². The molecule has 2 aliphatic rings. The van der Waals surface area contributed by atoms with Crippen molar-refractivity contribution in [1.82, 2.24) is 19.1 Å². The quantitative estimate of drug-likeness (QED) is 0.144. The van der Waals surface area contributed by atoms with Gasteiger partial charge in [-0.3, -0.25) is 13.9 Å². The number of aliphatic hydroxyl groups excluding tert-OH is 3. The standard InChI is InChI=1S/C15H24N4O6.C10H15N3O5.CH4.3ClH/c1-7(2)10(17)12(21)25-11-8(6-20)24-13(15(11,3)23)19-5-4-9(16)18-14(19)22;1-10(17)7(15)5(4-14)18-8(10)13-3-2-6(11)12-9(13)16;;;;/h4-5,7-8,10-11,13,20,23H,6,17H2,1-3H3,(H2,16,18,22);2-3,5,7-8,14-15,17H,4H2,1H3,(H2,11,12,16);1H4;3*1H/t8-,10+,11?,13-,15+;5-,7?,8-,10+;;;;/m11..../s1. The molecule has 4 rings (SSSR count). The van der Waals surface area contributed by atoms with Gasteiger partial charge in [0.2, 0.25) is 0 Å². The lowest BCUT2D eigenvalue weighted by atomic mass is 9.95. The summed E-state index contributed by atoms with van der Waals surface area (Å²) >= 11 is 0. The third-order valence-corrected chi connectivity index (χ3v) is 7.27. The average Bonchev–Trinajstić information content (AvgIpc) is 3.31. The number of esters is 1. The number of hydrogen-bond acceptors (Lipinski definition) is 16. The summed E-state index contributed by atoms with van der Waals surface area (Å²) in [6.45, 7) is 5.17. The van der Waals surface area contributed by atoms with E-state index in [0.717, 1.165) is 9.13 Å². The van der Waals surface area contributed by atoms with Crippen LogP contribution in [0.3, 0.4) is 0 Å². The molecule has 18 nitrogen and oxygen atoms in total. The summed E-state index contributed by atoms with van der Waals surface area (Å²) in [4.78, 5) is 42.9. The number of carbonyl (C=O) groups excluding carboxylic acids is 1. The molecule has 2 aromatic rings. The predicted octanol–water partition coefficient (Wildman–Crippen LogP) is -1.91. The molecule has 9 atom stereocenters. The lowest BCUT2D eigenvalue weighted by Crippen LogP contribution is -2.51. The SMILES string of the molecule is C.CC(C)[C@H](N)C(=O)OC1[C@@H](CO)O[C@@H](n2ccc(N)nc2=O)[C@@]1(C)O.C[C@]1(O)C(O)[C@@H](CO)O[C@H]1n1ccc(N)nc1=O.Cl.Cl.Cl. The predicted molar refractivity (Wildman–Crippen MR) is 176 cm³/mol. The number of aliphatic hydroxyl groups is 5. The van der Waals surface area contributed by atoms with Crippen LogP contribution in [0.5, 0.6) is 0 Å². The Morgan fingerprint density at radius 2 is 1.32 bits per heavy atom. The number of carbonyl (C=O) groups is 1. The highest BCUT2D eigenvalue weighted by Gasteiger charge is 2.56. The summed E-state index contributed by atoms with van der Waals surface area (Å²) < 4.78 is 18.2. The Hall–Kier alpha value is -2.62. The molecular formula is C26H46Cl3N7O11. The molecule has 272 valence electrons. The molecule has 0 spiro atoms. The Kier molecular flexibility index (Phi) is 18.0. The third kappa shape index (κ3) is 9.73. The maximum absolute atomic E-state index is 12.2. The molecule has 0 radical (unpaired) electrons. The van der Waals surface area contributed by atoms with E-state index in [2.05, 4.69) is 9.97 Å². The van der Waals surface area contributed by atoms with Gasteiger partial charge in [0, 0.05) is 12.4 Å². The van der Waals surface area contributed by atoms with Crippen molar-refractivity contribution in [3.8, 4) is 0 Å². The highest BCUT2D eigenvalue weighted by Crippen LogP contribution is 2.40. The largest absolute Gasteiger partial charge is 0.455 e. The van der Waals surface area contributed by atoms with Crippen LogP contribution >= 0.6 is 37.2 Å². The molecule has 0 aliphatic carbocycles. The molecule has 11 N–H and O–H groups in total. The molecule has 2 fully saturated rings. The van der Waals surface area contributed by atoms with Crippen LogP contribution in [-0.4, -0.2) is 105 Å². The van der Waals surface area contributed by atoms with Gasteiger partial charge in [0.25, 0.3) is 0 Å². The van der Waals surface area contributed by atoms with Crippen molar-refractivity contribution in [2.45, 2.75) is 89.2 Å². The van der Waals surface area contributed by atoms with Gasteiger partial charge in [-0.2, -0.15) is 9.97 Å². The van der Waals surface area contributed by atoms with E-state index in [1.54, 1.807) is 13.8 Å². The summed E-state index contributed by atoms with van der Waals surface area (Å²) in [6.07, 6.45) is -4.26. The fraction of sp³-hybridized carbons (Fsp3) is 0.654.